The van der Waals surface area contributed by atoms with Crippen molar-refractivity contribution in [3.8, 4) is 0 Å². The fourth-order valence-electron chi connectivity index (χ4n) is 3.79. The predicted molar refractivity (Wildman–Crippen MR) is 130 cm³/mol. The summed E-state index contributed by atoms with van der Waals surface area (Å²) < 4.78 is 12.3. The summed E-state index contributed by atoms with van der Waals surface area (Å²) in [6.45, 7) is 6.84. The molecule has 34 heavy (non-hydrogen) atoms. The van der Waals surface area contributed by atoms with Gasteiger partial charge in [0.1, 0.15) is 4.83 Å². The van der Waals surface area contributed by atoms with Crippen LogP contribution in [-0.2, 0) is 14.3 Å². The van der Waals surface area contributed by atoms with E-state index in [-0.39, 0.29) is 24.0 Å². The van der Waals surface area contributed by atoms with Crippen LogP contribution in [0.1, 0.15) is 29.1 Å². The Bertz CT molecular complexity index is 1130. The van der Waals surface area contributed by atoms with Gasteiger partial charge in [0.05, 0.1) is 49.4 Å². The van der Waals surface area contributed by atoms with Gasteiger partial charge in [0, 0.05) is 43.2 Å². The summed E-state index contributed by atoms with van der Waals surface area (Å²) in [5, 5.41) is 13.4. The minimum Gasteiger partial charge on any atom is -0.381 e. The van der Waals surface area contributed by atoms with Crippen LogP contribution in [0.25, 0.3) is 10.9 Å². The van der Waals surface area contributed by atoms with Gasteiger partial charge in [-0.25, -0.2) is 4.52 Å². The van der Waals surface area contributed by atoms with Gasteiger partial charge in [-0.1, -0.05) is 6.08 Å². The Morgan fingerprint density at radius 2 is 2.24 bits per heavy atom. The van der Waals surface area contributed by atoms with Crippen LogP contribution < -0.4 is 16.0 Å². The van der Waals surface area contributed by atoms with Crippen LogP contribution in [0.2, 0.25) is 0 Å². The van der Waals surface area contributed by atoms with Crippen LogP contribution in [0, 0.1) is 0 Å². The molecule has 0 bridgehead atoms. The first-order valence-electron chi connectivity index (χ1n) is 11.2. The Hall–Kier alpha value is -2.99. The zero-order valence-electron chi connectivity index (χ0n) is 19.5. The number of ether oxygens (including phenoxy) is 2. The maximum Gasteiger partial charge on any atom is 0.260 e. The van der Waals surface area contributed by atoms with E-state index < -0.39 is 0 Å². The van der Waals surface area contributed by atoms with Crippen molar-refractivity contribution in [3.63, 3.8) is 0 Å². The molecule has 4 heterocycles. The summed E-state index contributed by atoms with van der Waals surface area (Å²) in [6, 6.07) is -0.119. The molecule has 1 saturated heterocycles. The molecule has 0 spiro atoms. The third-order valence-electron chi connectivity index (χ3n) is 5.50. The minimum absolute atomic E-state index is 0.107. The van der Waals surface area contributed by atoms with Crippen molar-refractivity contribution in [1.82, 2.24) is 30.5 Å². The second-order valence-electron chi connectivity index (χ2n) is 8.31. The quantitative estimate of drug-likeness (QED) is 0.517. The van der Waals surface area contributed by atoms with Crippen LogP contribution in [0.5, 0.6) is 0 Å². The monoisotopic (exact) mass is 486 g/mol. The number of aromatic nitrogens is 2. The molecule has 2 amide bonds. The van der Waals surface area contributed by atoms with Gasteiger partial charge in [0.2, 0.25) is 5.91 Å². The summed E-state index contributed by atoms with van der Waals surface area (Å²) >= 11 is 1.48. The number of carbonyl (C=O) groups excluding carboxylic acids is 2. The Labute approximate surface area is 202 Å². The number of thiazole rings is 1. The summed E-state index contributed by atoms with van der Waals surface area (Å²) in [7, 11) is 1.64. The number of allylic oxidation sites excluding steroid dienone is 1. The van der Waals surface area contributed by atoms with Crippen LogP contribution >= 0.6 is 11.3 Å². The zero-order chi connectivity index (χ0) is 24.1. The summed E-state index contributed by atoms with van der Waals surface area (Å²) in [5.74, 6) is -0.358. The van der Waals surface area contributed by atoms with Crippen molar-refractivity contribution < 1.29 is 19.1 Å². The standard InChI is InChI=1S/C23H30N6O4S/c1-15-12-28(6-8-33-15)14-21(30)26-17-9-20(16(2)24-10-17)27-22(31)19-11-25-29-13-18(34-23(19)29)5-4-7-32-3/h4-5,9-11,13,15-16,24H,6-8,12,14H2,1-3H3,(H,26,30)(H,27,31)/b5-4+. The number of rotatable bonds is 8. The van der Waals surface area contributed by atoms with Gasteiger partial charge >= 0.3 is 0 Å². The summed E-state index contributed by atoms with van der Waals surface area (Å²) in [4.78, 5) is 29.4. The average molecular weight is 487 g/mol. The molecule has 0 aliphatic carbocycles. The lowest BCUT2D eigenvalue weighted by molar-refractivity contribution is -0.123. The lowest BCUT2D eigenvalue weighted by Crippen LogP contribution is -2.46. The summed E-state index contributed by atoms with van der Waals surface area (Å²) in [5.41, 5.74) is 1.76. The van der Waals surface area contributed by atoms with Gasteiger partial charge in [-0.2, -0.15) is 5.10 Å². The third kappa shape index (κ3) is 5.92. The van der Waals surface area contributed by atoms with Crippen LogP contribution in [0.4, 0.5) is 0 Å². The lowest BCUT2D eigenvalue weighted by atomic mass is 10.1. The van der Waals surface area contributed by atoms with Crippen LogP contribution in [0.3, 0.4) is 0 Å². The number of fused-ring (bicyclic) bond motifs is 1. The van der Waals surface area contributed by atoms with Gasteiger partial charge < -0.3 is 25.4 Å². The molecular formula is C23H30N6O4S. The van der Waals surface area contributed by atoms with Gasteiger partial charge in [-0.3, -0.25) is 14.5 Å². The number of nitrogens with zero attached hydrogens (tertiary/aromatic N) is 3. The molecule has 0 aromatic carbocycles. The number of hydrogen-bond acceptors (Lipinski definition) is 8. The van der Waals surface area contributed by atoms with Gasteiger partial charge in [-0.15, -0.1) is 11.3 Å². The van der Waals surface area contributed by atoms with Crippen molar-refractivity contribution in [2.45, 2.75) is 26.0 Å². The maximum atomic E-state index is 13.0. The first kappa shape index (κ1) is 24.1. The predicted octanol–water partition coefficient (Wildman–Crippen LogP) is 1.34. The van der Waals surface area contributed by atoms with E-state index in [2.05, 4.69) is 25.9 Å². The number of hydrogen-bond donors (Lipinski definition) is 3. The SMILES string of the molecule is COC/C=C/c1cn2ncc(C(=O)NC3=CC(NC(=O)CN4CCOC(C)C4)=CNC3C)c2s1. The second-order valence-corrected chi connectivity index (χ2v) is 9.37. The molecule has 2 aliphatic rings. The molecule has 2 unspecified atom stereocenters. The Kier molecular flexibility index (Phi) is 7.78. The van der Waals surface area contributed by atoms with Crippen molar-refractivity contribution in [2.75, 3.05) is 40.0 Å². The van der Waals surface area contributed by atoms with Gasteiger partial charge in [0.25, 0.3) is 5.91 Å². The van der Waals surface area contributed by atoms with E-state index in [0.717, 1.165) is 22.8 Å². The highest BCUT2D eigenvalue weighted by molar-refractivity contribution is 7.18. The van der Waals surface area contributed by atoms with E-state index >= 15 is 0 Å². The number of amides is 2. The van der Waals surface area contributed by atoms with E-state index in [1.54, 1.807) is 30.1 Å². The summed E-state index contributed by atoms with van der Waals surface area (Å²) in [6.07, 6.45) is 10.9. The van der Waals surface area contributed by atoms with E-state index in [0.29, 0.717) is 36.7 Å². The largest absolute Gasteiger partial charge is 0.381 e. The minimum atomic E-state index is -0.251. The molecule has 10 nitrogen and oxygen atoms in total. The number of morpholine rings is 1. The smallest absolute Gasteiger partial charge is 0.260 e. The van der Waals surface area contributed by atoms with E-state index in [1.807, 2.05) is 32.2 Å². The first-order valence-corrected chi connectivity index (χ1v) is 12.0. The first-order chi connectivity index (χ1) is 16.4. The van der Waals surface area contributed by atoms with Crippen molar-refractivity contribution in [2.24, 2.45) is 0 Å². The lowest BCUT2D eigenvalue weighted by Gasteiger charge is -2.30. The molecule has 3 N–H and O–H groups in total. The highest BCUT2D eigenvalue weighted by Gasteiger charge is 2.22. The van der Waals surface area contributed by atoms with E-state index in [9.17, 15) is 9.59 Å². The molecule has 2 atom stereocenters. The molecule has 4 rings (SSSR count). The molecule has 2 aromatic heterocycles. The zero-order valence-corrected chi connectivity index (χ0v) is 20.4. The second kappa shape index (κ2) is 11.0. The van der Waals surface area contributed by atoms with Crippen molar-refractivity contribution in [3.05, 3.63) is 52.6 Å². The molecule has 2 aromatic rings. The normalized spacial score (nSPS) is 21.3. The van der Waals surface area contributed by atoms with Crippen LogP contribution in [-0.4, -0.2) is 78.4 Å². The fourth-order valence-corrected chi connectivity index (χ4v) is 4.78. The average Bonchev–Trinajstić information content (AvgIpc) is 3.36. The molecule has 1 fully saturated rings. The number of methoxy groups -OCH3 is 1. The molecule has 182 valence electrons. The Morgan fingerprint density at radius 3 is 3.03 bits per heavy atom. The Morgan fingerprint density at radius 1 is 1.38 bits per heavy atom. The van der Waals surface area contributed by atoms with E-state index in [1.165, 1.54) is 11.3 Å². The number of dihydropyridines is 1. The highest BCUT2D eigenvalue weighted by Crippen LogP contribution is 2.23. The molecule has 0 radical (unpaired) electrons. The number of carbonyl (C=O) groups is 2. The molecular weight excluding hydrogens is 456 g/mol. The van der Waals surface area contributed by atoms with Crippen molar-refractivity contribution >= 4 is 34.1 Å². The maximum absolute atomic E-state index is 13.0. The van der Waals surface area contributed by atoms with Crippen LogP contribution in [0.15, 0.2) is 42.1 Å². The molecule has 11 heteroatoms. The van der Waals surface area contributed by atoms with Gasteiger partial charge in [0.15, 0.2) is 0 Å². The van der Waals surface area contributed by atoms with Gasteiger partial charge in [-0.05, 0) is 26.0 Å². The van der Waals surface area contributed by atoms with E-state index in [4.69, 9.17) is 9.47 Å². The highest BCUT2D eigenvalue weighted by atomic mass is 32.1. The Balaban J connectivity index is 1.39. The number of nitrogens with one attached hydrogen (secondary N) is 3. The molecule has 2 aliphatic heterocycles. The molecule has 0 saturated carbocycles. The third-order valence-corrected chi connectivity index (χ3v) is 6.58. The van der Waals surface area contributed by atoms with Crippen molar-refractivity contribution in [1.29, 1.82) is 0 Å². The topological polar surface area (TPSA) is 109 Å². The fraction of sp³-hybridized carbons (Fsp3) is 0.435.